The molecule has 1 aromatic carbocycles. The molecule has 0 radical (unpaired) electrons. The molecule has 1 heterocycles. The van der Waals surface area contributed by atoms with Crippen molar-refractivity contribution in [3.8, 4) is 0 Å². The third-order valence-corrected chi connectivity index (χ3v) is 4.50. The number of aromatic nitrogens is 2. The average molecular weight is 340 g/mol. The number of hydrogen-bond donors (Lipinski definition) is 2. The third kappa shape index (κ3) is 3.90. The van der Waals surface area contributed by atoms with Gasteiger partial charge in [-0.25, -0.2) is 0 Å². The second kappa shape index (κ2) is 6.70. The minimum absolute atomic E-state index is 0.0167. The van der Waals surface area contributed by atoms with Crippen molar-refractivity contribution in [1.29, 1.82) is 0 Å². The van der Waals surface area contributed by atoms with Gasteiger partial charge in [0.25, 0.3) is 5.91 Å². The highest BCUT2D eigenvalue weighted by atomic mass is 16.2. The van der Waals surface area contributed by atoms with Crippen molar-refractivity contribution in [1.82, 2.24) is 15.1 Å². The van der Waals surface area contributed by atoms with E-state index in [1.165, 1.54) is 4.90 Å². The molecule has 0 aliphatic heterocycles. The molecule has 0 saturated heterocycles. The highest BCUT2D eigenvalue weighted by Gasteiger charge is 2.27. The SMILES string of the molecule is Cc1cc(C)c(NC(=O)CN(C)C(=O)c2cc(C3CC3)[nH]n2)c(C)c1. The fourth-order valence-electron chi connectivity index (χ4n) is 3.09. The van der Waals surface area contributed by atoms with Crippen molar-refractivity contribution < 1.29 is 9.59 Å². The number of benzene rings is 1. The Hall–Kier alpha value is -2.63. The highest BCUT2D eigenvalue weighted by molar-refractivity contribution is 5.99. The highest BCUT2D eigenvalue weighted by Crippen LogP contribution is 2.39. The zero-order valence-corrected chi connectivity index (χ0v) is 15.1. The van der Waals surface area contributed by atoms with Crippen LogP contribution in [0, 0.1) is 20.8 Å². The van der Waals surface area contributed by atoms with Crippen LogP contribution in [-0.2, 0) is 4.79 Å². The van der Waals surface area contributed by atoms with Gasteiger partial charge in [-0.2, -0.15) is 5.10 Å². The van der Waals surface area contributed by atoms with E-state index in [1.807, 2.05) is 32.9 Å². The van der Waals surface area contributed by atoms with Crippen molar-refractivity contribution >= 4 is 17.5 Å². The molecule has 2 N–H and O–H groups in total. The summed E-state index contributed by atoms with van der Waals surface area (Å²) in [5.41, 5.74) is 5.37. The minimum atomic E-state index is -0.254. The largest absolute Gasteiger partial charge is 0.331 e. The minimum Gasteiger partial charge on any atom is -0.331 e. The Bertz CT molecular complexity index is 798. The molecule has 0 bridgehead atoms. The monoisotopic (exact) mass is 340 g/mol. The lowest BCUT2D eigenvalue weighted by Crippen LogP contribution is -2.35. The molecule has 25 heavy (non-hydrogen) atoms. The molecular formula is C19H24N4O2. The number of carbonyl (C=O) groups excluding carboxylic acids is 2. The Morgan fingerprint density at radius 3 is 2.44 bits per heavy atom. The van der Waals surface area contributed by atoms with Gasteiger partial charge in [0.05, 0.1) is 6.54 Å². The summed E-state index contributed by atoms with van der Waals surface area (Å²) >= 11 is 0. The van der Waals surface area contributed by atoms with Gasteiger partial charge in [-0.3, -0.25) is 14.7 Å². The average Bonchev–Trinajstić information content (AvgIpc) is 3.27. The summed E-state index contributed by atoms with van der Waals surface area (Å²) in [5.74, 6) is 0.0367. The van der Waals surface area contributed by atoms with Crippen LogP contribution in [0.25, 0.3) is 0 Å². The van der Waals surface area contributed by atoms with Gasteiger partial charge in [-0.1, -0.05) is 17.7 Å². The second-order valence-corrected chi connectivity index (χ2v) is 6.97. The van der Waals surface area contributed by atoms with Crippen molar-refractivity contribution in [2.45, 2.75) is 39.5 Å². The fraction of sp³-hybridized carbons (Fsp3) is 0.421. The van der Waals surface area contributed by atoms with E-state index in [4.69, 9.17) is 0 Å². The topological polar surface area (TPSA) is 78.1 Å². The number of anilines is 1. The maximum Gasteiger partial charge on any atom is 0.274 e. The molecule has 0 spiro atoms. The van der Waals surface area contributed by atoms with Crippen molar-refractivity contribution in [2.24, 2.45) is 0 Å². The number of hydrogen-bond acceptors (Lipinski definition) is 3. The van der Waals surface area contributed by atoms with Gasteiger partial charge in [0.15, 0.2) is 0 Å². The van der Waals surface area contributed by atoms with Gasteiger partial charge in [-0.15, -0.1) is 0 Å². The van der Waals surface area contributed by atoms with E-state index in [0.717, 1.165) is 40.9 Å². The number of likely N-dealkylation sites (N-methyl/N-ethyl adjacent to an activating group) is 1. The molecule has 2 amide bonds. The maximum atomic E-state index is 12.4. The number of rotatable bonds is 5. The number of nitrogens with one attached hydrogen (secondary N) is 2. The molecule has 0 unspecified atom stereocenters. The van der Waals surface area contributed by atoms with Crippen LogP contribution >= 0.6 is 0 Å². The summed E-state index contributed by atoms with van der Waals surface area (Å²) in [6, 6.07) is 5.85. The van der Waals surface area contributed by atoms with Crippen LogP contribution in [0.1, 0.15) is 51.6 Å². The molecule has 1 aliphatic carbocycles. The van der Waals surface area contributed by atoms with E-state index < -0.39 is 0 Å². The lowest BCUT2D eigenvalue weighted by atomic mass is 10.1. The van der Waals surface area contributed by atoms with E-state index in [0.29, 0.717) is 11.6 Å². The van der Waals surface area contributed by atoms with Crippen LogP contribution in [-0.4, -0.2) is 40.5 Å². The number of aryl methyl sites for hydroxylation is 3. The van der Waals surface area contributed by atoms with Crippen LogP contribution in [0.2, 0.25) is 0 Å². The standard InChI is InChI=1S/C19H24N4O2/c1-11-7-12(2)18(13(3)8-11)20-17(24)10-23(4)19(25)16-9-15(21-22-16)14-5-6-14/h7-9,14H,5-6,10H2,1-4H3,(H,20,24)(H,21,22). The van der Waals surface area contributed by atoms with Crippen molar-refractivity contribution in [3.63, 3.8) is 0 Å². The lowest BCUT2D eigenvalue weighted by molar-refractivity contribution is -0.116. The van der Waals surface area contributed by atoms with Crippen LogP contribution < -0.4 is 5.32 Å². The number of nitrogens with zero attached hydrogens (tertiary/aromatic N) is 2. The first-order chi connectivity index (χ1) is 11.8. The van der Waals surface area contributed by atoms with E-state index in [9.17, 15) is 9.59 Å². The first-order valence-corrected chi connectivity index (χ1v) is 8.53. The van der Waals surface area contributed by atoms with Gasteiger partial charge in [0.1, 0.15) is 5.69 Å². The Labute approximate surface area is 147 Å². The first kappa shape index (κ1) is 17.2. The maximum absolute atomic E-state index is 12.4. The third-order valence-electron chi connectivity index (χ3n) is 4.50. The predicted molar refractivity (Wildman–Crippen MR) is 96.8 cm³/mol. The molecule has 1 aromatic heterocycles. The predicted octanol–water partition coefficient (Wildman–Crippen LogP) is 2.92. The number of H-pyrrole nitrogens is 1. The number of aromatic amines is 1. The number of amides is 2. The fourth-order valence-corrected chi connectivity index (χ4v) is 3.09. The summed E-state index contributed by atoms with van der Waals surface area (Å²) in [4.78, 5) is 26.2. The van der Waals surface area contributed by atoms with Crippen LogP contribution in [0.15, 0.2) is 18.2 Å². The van der Waals surface area contributed by atoms with Crippen LogP contribution in [0.4, 0.5) is 5.69 Å². The van der Waals surface area contributed by atoms with E-state index in [1.54, 1.807) is 13.1 Å². The Morgan fingerprint density at radius 1 is 1.20 bits per heavy atom. The van der Waals surface area contributed by atoms with Gasteiger partial charge < -0.3 is 10.2 Å². The summed E-state index contributed by atoms with van der Waals surface area (Å²) in [7, 11) is 1.61. The molecule has 6 nitrogen and oxygen atoms in total. The quantitative estimate of drug-likeness (QED) is 0.878. The number of carbonyl (C=O) groups is 2. The van der Waals surface area contributed by atoms with Crippen LogP contribution in [0.3, 0.4) is 0 Å². The molecule has 6 heteroatoms. The zero-order valence-electron chi connectivity index (χ0n) is 15.1. The Balaban J connectivity index is 1.62. The molecule has 1 aliphatic rings. The van der Waals surface area contributed by atoms with Crippen LogP contribution in [0.5, 0.6) is 0 Å². The van der Waals surface area contributed by atoms with Crippen molar-refractivity contribution in [2.75, 3.05) is 18.9 Å². The van der Waals surface area contributed by atoms with E-state index in [2.05, 4.69) is 15.5 Å². The molecule has 3 rings (SSSR count). The second-order valence-electron chi connectivity index (χ2n) is 6.97. The summed E-state index contributed by atoms with van der Waals surface area (Å²) < 4.78 is 0. The van der Waals surface area contributed by atoms with Crippen molar-refractivity contribution in [3.05, 3.63) is 46.3 Å². The normalized spacial score (nSPS) is 13.6. The van der Waals surface area contributed by atoms with Gasteiger partial charge in [0, 0.05) is 24.3 Å². The lowest BCUT2D eigenvalue weighted by Gasteiger charge is -2.17. The smallest absolute Gasteiger partial charge is 0.274 e. The molecule has 1 saturated carbocycles. The molecule has 0 atom stereocenters. The van der Waals surface area contributed by atoms with Gasteiger partial charge in [0.2, 0.25) is 5.91 Å². The Kier molecular flexibility index (Phi) is 4.61. The van der Waals surface area contributed by atoms with Gasteiger partial charge in [-0.05, 0) is 50.8 Å². The van der Waals surface area contributed by atoms with Gasteiger partial charge >= 0.3 is 0 Å². The summed E-state index contributed by atoms with van der Waals surface area (Å²) in [6.07, 6.45) is 2.28. The molecule has 1 fully saturated rings. The van der Waals surface area contributed by atoms with E-state index in [-0.39, 0.29) is 18.4 Å². The summed E-state index contributed by atoms with van der Waals surface area (Å²) in [6.45, 7) is 5.94. The molecular weight excluding hydrogens is 316 g/mol. The zero-order chi connectivity index (χ0) is 18.1. The van der Waals surface area contributed by atoms with E-state index >= 15 is 0 Å². The summed E-state index contributed by atoms with van der Waals surface area (Å²) in [5, 5.41) is 9.91. The molecule has 2 aromatic rings. The Morgan fingerprint density at radius 2 is 1.84 bits per heavy atom. The molecule has 132 valence electrons. The first-order valence-electron chi connectivity index (χ1n) is 8.53.